The summed E-state index contributed by atoms with van der Waals surface area (Å²) in [6.07, 6.45) is 1.29. The van der Waals surface area contributed by atoms with E-state index < -0.39 is 5.60 Å². The van der Waals surface area contributed by atoms with Gasteiger partial charge in [0, 0.05) is 25.8 Å². The van der Waals surface area contributed by atoms with Crippen LogP contribution in [0.1, 0.15) is 40.3 Å². The smallest absolute Gasteiger partial charge is 0.407 e. The van der Waals surface area contributed by atoms with Crippen LogP contribution in [0, 0.1) is 11.8 Å². The summed E-state index contributed by atoms with van der Waals surface area (Å²) in [6.45, 7) is 11.9. The zero-order chi connectivity index (χ0) is 16.6. The SMILES string of the molecule is CC(C)C(CNCc1cccnn1)CNC(=O)OC(C)(C)C. The second-order valence-electron chi connectivity index (χ2n) is 6.73. The normalized spacial score (nSPS) is 13.0. The molecule has 0 aliphatic heterocycles. The van der Waals surface area contributed by atoms with Gasteiger partial charge in [0.25, 0.3) is 0 Å². The third-order valence-corrected chi connectivity index (χ3v) is 3.19. The second kappa shape index (κ2) is 8.68. The lowest BCUT2D eigenvalue weighted by molar-refractivity contribution is 0.0515. The van der Waals surface area contributed by atoms with Crippen molar-refractivity contribution in [2.45, 2.75) is 46.8 Å². The molecule has 1 aromatic heterocycles. The largest absolute Gasteiger partial charge is 0.444 e. The summed E-state index contributed by atoms with van der Waals surface area (Å²) < 4.78 is 5.25. The summed E-state index contributed by atoms with van der Waals surface area (Å²) in [6, 6.07) is 3.80. The number of aromatic nitrogens is 2. The Labute approximate surface area is 133 Å². The first-order valence-electron chi connectivity index (χ1n) is 7.72. The molecule has 0 radical (unpaired) electrons. The average Bonchev–Trinajstić information content (AvgIpc) is 2.41. The Morgan fingerprint density at radius 1 is 1.32 bits per heavy atom. The molecule has 0 saturated carbocycles. The van der Waals surface area contributed by atoms with Crippen LogP contribution in [0.4, 0.5) is 4.79 Å². The van der Waals surface area contributed by atoms with Crippen molar-refractivity contribution < 1.29 is 9.53 Å². The monoisotopic (exact) mass is 308 g/mol. The van der Waals surface area contributed by atoms with Gasteiger partial charge < -0.3 is 15.4 Å². The standard InChI is InChI=1S/C16H28N4O2/c1-12(2)13(10-18-15(21)22-16(3,4)5)9-17-11-14-7-6-8-19-20-14/h6-8,12-13,17H,9-11H2,1-5H3,(H,18,21). The molecule has 6 heteroatoms. The highest BCUT2D eigenvalue weighted by atomic mass is 16.6. The van der Waals surface area contributed by atoms with Crippen LogP contribution in [0.2, 0.25) is 0 Å². The van der Waals surface area contributed by atoms with Gasteiger partial charge in [-0.15, -0.1) is 0 Å². The number of carbonyl (C=O) groups excluding carboxylic acids is 1. The maximum atomic E-state index is 11.7. The maximum Gasteiger partial charge on any atom is 0.407 e. The van der Waals surface area contributed by atoms with Gasteiger partial charge in [-0.05, 0) is 44.7 Å². The Bertz CT molecular complexity index is 443. The molecule has 0 saturated heterocycles. The molecule has 22 heavy (non-hydrogen) atoms. The molecule has 1 heterocycles. The molecule has 0 bridgehead atoms. The first-order valence-corrected chi connectivity index (χ1v) is 7.72. The van der Waals surface area contributed by atoms with Gasteiger partial charge in [-0.25, -0.2) is 4.79 Å². The van der Waals surface area contributed by atoms with E-state index in [-0.39, 0.29) is 6.09 Å². The van der Waals surface area contributed by atoms with Crippen LogP contribution in [0.5, 0.6) is 0 Å². The number of nitrogens with one attached hydrogen (secondary N) is 2. The summed E-state index contributed by atoms with van der Waals surface area (Å²) in [5.74, 6) is 0.772. The first kappa shape index (κ1) is 18.4. The number of amides is 1. The first-order chi connectivity index (χ1) is 10.3. The van der Waals surface area contributed by atoms with Gasteiger partial charge >= 0.3 is 6.09 Å². The van der Waals surface area contributed by atoms with Crippen molar-refractivity contribution in [3.05, 3.63) is 24.0 Å². The number of rotatable bonds is 7. The van der Waals surface area contributed by atoms with Gasteiger partial charge in [-0.3, -0.25) is 0 Å². The van der Waals surface area contributed by atoms with E-state index in [0.717, 1.165) is 12.2 Å². The van der Waals surface area contributed by atoms with Gasteiger partial charge in [-0.2, -0.15) is 10.2 Å². The van der Waals surface area contributed by atoms with Crippen molar-refractivity contribution in [2.75, 3.05) is 13.1 Å². The third-order valence-electron chi connectivity index (χ3n) is 3.19. The van der Waals surface area contributed by atoms with Crippen LogP contribution in [-0.2, 0) is 11.3 Å². The van der Waals surface area contributed by atoms with E-state index in [9.17, 15) is 4.79 Å². The summed E-state index contributed by atoms with van der Waals surface area (Å²) in [7, 11) is 0. The van der Waals surface area contributed by atoms with E-state index in [4.69, 9.17) is 4.74 Å². The molecule has 6 nitrogen and oxygen atoms in total. The van der Waals surface area contributed by atoms with Crippen molar-refractivity contribution in [3.8, 4) is 0 Å². The van der Waals surface area contributed by atoms with Crippen LogP contribution in [-0.4, -0.2) is 35.0 Å². The van der Waals surface area contributed by atoms with Gasteiger partial charge in [0.1, 0.15) is 5.60 Å². The van der Waals surface area contributed by atoms with E-state index in [0.29, 0.717) is 24.9 Å². The maximum absolute atomic E-state index is 11.7. The summed E-state index contributed by atoms with van der Waals surface area (Å²) in [5, 5.41) is 14.1. The number of carbonyl (C=O) groups is 1. The molecule has 1 rings (SSSR count). The number of hydrogen-bond donors (Lipinski definition) is 2. The van der Waals surface area contributed by atoms with Gasteiger partial charge in [-0.1, -0.05) is 13.8 Å². The third kappa shape index (κ3) is 7.93. The molecule has 0 fully saturated rings. The molecule has 1 unspecified atom stereocenters. The van der Waals surface area contributed by atoms with E-state index in [1.165, 1.54) is 0 Å². The Morgan fingerprint density at radius 3 is 2.59 bits per heavy atom. The van der Waals surface area contributed by atoms with Crippen LogP contribution < -0.4 is 10.6 Å². The van der Waals surface area contributed by atoms with Crippen molar-refractivity contribution >= 4 is 6.09 Å². The van der Waals surface area contributed by atoms with Crippen LogP contribution in [0.15, 0.2) is 18.3 Å². The topological polar surface area (TPSA) is 76.1 Å². The molecule has 1 aromatic rings. The van der Waals surface area contributed by atoms with Crippen molar-refractivity contribution in [1.82, 2.24) is 20.8 Å². The van der Waals surface area contributed by atoms with E-state index >= 15 is 0 Å². The summed E-state index contributed by atoms with van der Waals surface area (Å²) in [4.78, 5) is 11.7. The lowest BCUT2D eigenvalue weighted by Gasteiger charge is -2.24. The molecular formula is C16H28N4O2. The highest BCUT2D eigenvalue weighted by Crippen LogP contribution is 2.10. The van der Waals surface area contributed by atoms with Crippen LogP contribution in [0.3, 0.4) is 0 Å². The highest BCUT2D eigenvalue weighted by Gasteiger charge is 2.18. The lowest BCUT2D eigenvalue weighted by Crippen LogP contribution is -2.39. The van der Waals surface area contributed by atoms with E-state index in [2.05, 4.69) is 34.7 Å². The molecule has 1 amide bonds. The van der Waals surface area contributed by atoms with Gasteiger partial charge in [0.2, 0.25) is 0 Å². The molecule has 1 atom stereocenters. The second-order valence-corrected chi connectivity index (χ2v) is 6.73. The quantitative estimate of drug-likeness (QED) is 0.808. The minimum absolute atomic E-state index is 0.323. The van der Waals surface area contributed by atoms with Crippen LogP contribution >= 0.6 is 0 Å². The van der Waals surface area contributed by atoms with Crippen LogP contribution in [0.25, 0.3) is 0 Å². The fraction of sp³-hybridized carbons (Fsp3) is 0.688. The number of ether oxygens (including phenoxy) is 1. The number of nitrogens with zero attached hydrogens (tertiary/aromatic N) is 2. The number of alkyl carbamates (subject to hydrolysis) is 1. The molecule has 2 N–H and O–H groups in total. The minimum atomic E-state index is -0.471. The molecular weight excluding hydrogens is 280 g/mol. The number of hydrogen-bond acceptors (Lipinski definition) is 5. The fourth-order valence-corrected chi connectivity index (χ4v) is 1.89. The average molecular weight is 308 g/mol. The highest BCUT2D eigenvalue weighted by molar-refractivity contribution is 5.67. The minimum Gasteiger partial charge on any atom is -0.444 e. The lowest BCUT2D eigenvalue weighted by atomic mass is 9.96. The zero-order valence-corrected chi connectivity index (χ0v) is 14.2. The van der Waals surface area contributed by atoms with Gasteiger partial charge in [0.15, 0.2) is 0 Å². The Balaban J connectivity index is 2.34. The fourth-order valence-electron chi connectivity index (χ4n) is 1.89. The Kier molecular flexibility index (Phi) is 7.24. The molecule has 0 spiro atoms. The molecule has 124 valence electrons. The molecule has 0 aliphatic rings. The Morgan fingerprint density at radius 2 is 2.05 bits per heavy atom. The zero-order valence-electron chi connectivity index (χ0n) is 14.2. The van der Waals surface area contributed by atoms with E-state index in [1.54, 1.807) is 6.20 Å². The van der Waals surface area contributed by atoms with Crippen molar-refractivity contribution in [2.24, 2.45) is 11.8 Å². The van der Waals surface area contributed by atoms with E-state index in [1.807, 2.05) is 32.9 Å². The molecule has 0 aromatic carbocycles. The van der Waals surface area contributed by atoms with Crippen molar-refractivity contribution in [1.29, 1.82) is 0 Å². The summed E-state index contributed by atoms with van der Waals surface area (Å²) >= 11 is 0. The van der Waals surface area contributed by atoms with Gasteiger partial charge in [0.05, 0.1) is 5.69 Å². The predicted octanol–water partition coefficient (Wildman–Crippen LogP) is 2.36. The molecule has 0 aliphatic carbocycles. The Hall–Kier alpha value is -1.69. The van der Waals surface area contributed by atoms with Crippen molar-refractivity contribution in [3.63, 3.8) is 0 Å². The predicted molar refractivity (Wildman–Crippen MR) is 86.3 cm³/mol. The summed E-state index contributed by atoms with van der Waals surface area (Å²) in [5.41, 5.74) is 0.437.